The summed E-state index contributed by atoms with van der Waals surface area (Å²) >= 11 is 0. The second-order valence-corrected chi connectivity index (χ2v) is 7.95. The molecule has 1 aliphatic rings. The first-order valence-electron chi connectivity index (χ1n) is 10.7. The Labute approximate surface area is 183 Å². The molecule has 0 saturated heterocycles. The van der Waals surface area contributed by atoms with Gasteiger partial charge in [-0.3, -0.25) is 14.6 Å². The van der Waals surface area contributed by atoms with Crippen molar-refractivity contribution in [2.45, 2.75) is 45.7 Å². The van der Waals surface area contributed by atoms with Gasteiger partial charge >= 0.3 is 0 Å². The molecule has 0 bridgehead atoms. The van der Waals surface area contributed by atoms with Crippen LogP contribution in [0.25, 0.3) is 0 Å². The predicted octanol–water partition coefficient (Wildman–Crippen LogP) is 5.18. The van der Waals surface area contributed by atoms with Crippen LogP contribution < -0.4 is 9.80 Å². The standard InChI is InChI=1S/C26H27N3O2/c1-4-21-17-20(14-15-27-21)26(31)28-18(2)16-25(23-12-8-9-13-24(23)28)29(19(3)30)22-10-6-5-7-11-22/h5-15,17-18,25H,4,16H2,1-3H3. The van der Waals surface area contributed by atoms with Crippen LogP contribution in [0, 0.1) is 0 Å². The Kier molecular flexibility index (Phi) is 5.85. The first-order valence-corrected chi connectivity index (χ1v) is 10.7. The van der Waals surface area contributed by atoms with E-state index in [4.69, 9.17) is 0 Å². The van der Waals surface area contributed by atoms with Crippen molar-refractivity contribution < 1.29 is 9.59 Å². The fraction of sp³-hybridized carbons (Fsp3) is 0.269. The lowest BCUT2D eigenvalue weighted by Gasteiger charge is -2.43. The molecule has 2 amide bonds. The lowest BCUT2D eigenvalue weighted by Crippen LogP contribution is -2.47. The fourth-order valence-electron chi connectivity index (χ4n) is 4.45. The van der Waals surface area contributed by atoms with Crippen molar-refractivity contribution in [1.29, 1.82) is 0 Å². The van der Waals surface area contributed by atoms with Gasteiger partial charge in [0.15, 0.2) is 0 Å². The molecule has 2 aromatic carbocycles. The first-order chi connectivity index (χ1) is 15.0. The number of aromatic nitrogens is 1. The van der Waals surface area contributed by atoms with Gasteiger partial charge in [-0.2, -0.15) is 0 Å². The van der Waals surface area contributed by atoms with E-state index in [1.165, 1.54) is 0 Å². The van der Waals surface area contributed by atoms with Gasteiger partial charge in [0.2, 0.25) is 5.91 Å². The van der Waals surface area contributed by atoms with Gasteiger partial charge in [0.1, 0.15) is 0 Å². The van der Waals surface area contributed by atoms with Crippen molar-refractivity contribution in [2.24, 2.45) is 0 Å². The van der Waals surface area contributed by atoms with E-state index in [2.05, 4.69) is 4.98 Å². The van der Waals surface area contributed by atoms with Crippen molar-refractivity contribution in [3.63, 3.8) is 0 Å². The molecule has 1 aliphatic heterocycles. The number of fused-ring (bicyclic) bond motifs is 1. The fourth-order valence-corrected chi connectivity index (χ4v) is 4.45. The molecule has 2 atom stereocenters. The largest absolute Gasteiger partial charge is 0.305 e. The first kappa shape index (κ1) is 20.8. The van der Waals surface area contributed by atoms with Crippen LogP contribution in [0.5, 0.6) is 0 Å². The van der Waals surface area contributed by atoms with Crippen molar-refractivity contribution in [2.75, 3.05) is 9.80 Å². The van der Waals surface area contributed by atoms with Gasteiger partial charge in [0.25, 0.3) is 5.91 Å². The Hall–Kier alpha value is -3.47. The molecule has 0 N–H and O–H groups in total. The third kappa shape index (κ3) is 3.96. The molecule has 3 aromatic rings. The zero-order valence-electron chi connectivity index (χ0n) is 18.2. The number of pyridine rings is 1. The maximum absolute atomic E-state index is 13.5. The molecule has 2 heterocycles. The van der Waals surface area contributed by atoms with Crippen LogP contribution in [-0.4, -0.2) is 22.8 Å². The summed E-state index contributed by atoms with van der Waals surface area (Å²) in [5, 5.41) is 0. The highest BCUT2D eigenvalue weighted by atomic mass is 16.2. The summed E-state index contributed by atoms with van der Waals surface area (Å²) in [4.78, 5) is 34.3. The Bertz CT molecular complexity index is 1100. The van der Waals surface area contributed by atoms with Crippen molar-refractivity contribution in [3.05, 3.63) is 89.7 Å². The Balaban J connectivity index is 1.77. The van der Waals surface area contributed by atoms with E-state index in [0.29, 0.717) is 12.0 Å². The van der Waals surface area contributed by atoms with E-state index in [0.717, 1.165) is 29.1 Å². The van der Waals surface area contributed by atoms with E-state index >= 15 is 0 Å². The molecular weight excluding hydrogens is 386 g/mol. The summed E-state index contributed by atoms with van der Waals surface area (Å²) in [6, 6.07) is 21.1. The molecular formula is C26H27N3O2. The molecule has 158 valence electrons. The summed E-state index contributed by atoms with van der Waals surface area (Å²) in [6.07, 6.45) is 3.13. The van der Waals surface area contributed by atoms with E-state index < -0.39 is 0 Å². The molecule has 1 aromatic heterocycles. The minimum Gasteiger partial charge on any atom is -0.305 e. The lowest BCUT2D eigenvalue weighted by atomic mass is 9.89. The maximum Gasteiger partial charge on any atom is 0.258 e. The zero-order chi connectivity index (χ0) is 22.0. The number of anilines is 2. The van der Waals surface area contributed by atoms with Gasteiger partial charge < -0.3 is 9.80 Å². The Morgan fingerprint density at radius 2 is 1.77 bits per heavy atom. The number of aryl methyl sites for hydroxylation is 1. The van der Waals surface area contributed by atoms with Gasteiger partial charge in [0, 0.05) is 41.8 Å². The van der Waals surface area contributed by atoms with Crippen LogP contribution in [0.1, 0.15) is 54.8 Å². The highest BCUT2D eigenvalue weighted by Crippen LogP contribution is 2.42. The van der Waals surface area contributed by atoms with Crippen LogP contribution in [0.2, 0.25) is 0 Å². The van der Waals surface area contributed by atoms with Crippen LogP contribution in [-0.2, 0) is 11.2 Å². The van der Waals surface area contributed by atoms with Crippen LogP contribution >= 0.6 is 0 Å². The normalized spacial score (nSPS) is 17.7. The van der Waals surface area contributed by atoms with Crippen LogP contribution in [0.4, 0.5) is 11.4 Å². The highest BCUT2D eigenvalue weighted by molar-refractivity contribution is 6.07. The second-order valence-electron chi connectivity index (χ2n) is 7.95. The Morgan fingerprint density at radius 3 is 2.48 bits per heavy atom. The number of nitrogens with zero attached hydrogens (tertiary/aromatic N) is 3. The van der Waals surface area contributed by atoms with E-state index in [-0.39, 0.29) is 23.9 Å². The SMILES string of the molecule is CCc1cc(C(=O)N2c3ccccc3C(N(C(C)=O)c3ccccc3)CC2C)ccn1. The average Bonchev–Trinajstić information content (AvgIpc) is 2.79. The third-order valence-electron chi connectivity index (χ3n) is 5.89. The summed E-state index contributed by atoms with van der Waals surface area (Å²) < 4.78 is 0. The van der Waals surface area contributed by atoms with Gasteiger partial charge in [-0.15, -0.1) is 0 Å². The van der Waals surface area contributed by atoms with Gasteiger partial charge in [-0.05, 0) is 55.7 Å². The number of rotatable bonds is 4. The molecule has 31 heavy (non-hydrogen) atoms. The van der Waals surface area contributed by atoms with Gasteiger partial charge in [0.05, 0.1) is 6.04 Å². The minimum atomic E-state index is -0.140. The molecule has 0 radical (unpaired) electrons. The Morgan fingerprint density at radius 1 is 1.06 bits per heavy atom. The lowest BCUT2D eigenvalue weighted by molar-refractivity contribution is -0.117. The molecule has 4 rings (SSSR count). The second kappa shape index (κ2) is 8.72. The molecule has 0 fully saturated rings. The summed E-state index contributed by atoms with van der Waals surface area (Å²) in [7, 11) is 0. The summed E-state index contributed by atoms with van der Waals surface area (Å²) in [5.41, 5.74) is 4.24. The van der Waals surface area contributed by atoms with Crippen LogP contribution in [0.15, 0.2) is 72.9 Å². The monoisotopic (exact) mass is 413 g/mol. The number of amides is 2. The quantitative estimate of drug-likeness (QED) is 0.592. The molecule has 5 nitrogen and oxygen atoms in total. The van der Waals surface area contributed by atoms with Crippen LogP contribution in [0.3, 0.4) is 0 Å². The number of para-hydroxylation sites is 2. The molecule has 2 unspecified atom stereocenters. The molecule has 0 aliphatic carbocycles. The summed E-state index contributed by atoms with van der Waals surface area (Å²) in [5.74, 6) is -0.0516. The average molecular weight is 414 g/mol. The zero-order valence-corrected chi connectivity index (χ0v) is 18.2. The topological polar surface area (TPSA) is 53.5 Å². The minimum absolute atomic E-state index is 0.0142. The van der Waals surface area contributed by atoms with Gasteiger partial charge in [-0.1, -0.05) is 43.3 Å². The molecule has 0 spiro atoms. The van der Waals surface area contributed by atoms with Crippen molar-refractivity contribution in [3.8, 4) is 0 Å². The van der Waals surface area contributed by atoms with E-state index in [9.17, 15) is 9.59 Å². The van der Waals surface area contributed by atoms with Gasteiger partial charge in [-0.25, -0.2) is 0 Å². The predicted molar refractivity (Wildman–Crippen MR) is 123 cm³/mol. The maximum atomic E-state index is 13.5. The highest BCUT2D eigenvalue weighted by Gasteiger charge is 2.38. The number of hydrogen-bond acceptors (Lipinski definition) is 3. The molecule has 5 heteroatoms. The number of hydrogen-bond donors (Lipinski definition) is 0. The number of carbonyl (C=O) groups is 2. The summed E-state index contributed by atoms with van der Waals surface area (Å²) in [6.45, 7) is 5.67. The van der Waals surface area contributed by atoms with E-state index in [1.54, 1.807) is 19.2 Å². The molecule has 0 saturated carbocycles. The third-order valence-corrected chi connectivity index (χ3v) is 5.89. The smallest absolute Gasteiger partial charge is 0.258 e. The van der Waals surface area contributed by atoms with Crippen molar-refractivity contribution in [1.82, 2.24) is 4.98 Å². The van der Waals surface area contributed by atoms with Crippen molar-refractivity contribution >= 4 is 23.2 Å². The van der Waals surface area contributed by atoms with E-state index in [1.807, 2.05) is 84.3 Å². The number of benzene rings is 2. The number of carbonyl (C=O) groups excluding carboxylic acids is 2.